The second-order valence-electron chi connectivity index (χ2n) is 5.92. The number of thioether (sulfide) groups is 1. The molecule has 78 valence electrons. The van der Waals surface area contributed by atoms with Crippen LogP contribution in [0.4, 0.5) is 0 Å². The molecular formula is C11H22OS. The molecule has 1 aliphatic heterocycles. The highest BCUT2D eigenvalue weighted by molar-refractivity contribution is 8.08. The van der Waals surface area contributed by atoms with E-state index in [4.69, 9.17) is 4.74 Å². The van der Waals surface area contributed by atoms with Crippen LogP contribution in [0.1, 0.15) is 41.5 Å². The summed E-state index contributed by atoms with van der Waals surface area (Å²) in [5.74, 6) is 0. The lowest BCUT2D eigenvalue weighted by molar-refractivity contribution is 0.0688. The molecule has 0 amide bonds. The quantitative estimate of drug-likeness (QED) is 0.602. The Morgan fingerprint density at radius 2 is 1.38 bits per heavy atom. The number of rotatable bonds is 1. The molecule has 1 aliphatic rings. The summed E-state index contributed by atoms with van der Waals surface area (Å²) < 4.78 is 5.78. The van der Waals surface area contributed by atoms with Gasteiger partial charge < -0.3 is 4.74 Å². The van der Waals surface area contributed by atoms with Gasteiger partial charge in [0.05, 0.1) is 4.75 Å². The van der Waals surface area contributed by atoms with Gasteiger partial charge in [0.1, 0.15) is 5.44 Å². The SMILES string of the molecule is COC1SC1(C(C)(C)C)C(C)(C)C. The Morgan fingerprint density at radius 1 is 1.00 bits per heavy atom. The summed E-state index contributed by atoms with van der Waals surface area (Å²) in [5, 5.41) is 0. The van der Waals surface area contributed by atoms with Gasteiger partial charge in [-0.15, -0.1) is 11.8 Å². The monoisotopic (exact) mass is 202 g/mol. The fourth-order valence-electron chi connectivity index (χ4n) is 2.53. The van der Waals surface area contributed by atoms with E-state index in [2.05, 4.69) is 41.5 Å². The van der Waals surface area contributed by atoms with Crippen LogP contribution in [0, 0.1) is 10.8 Å². The summed E-state index contributed by atoms with van der Waals surface area (Å²) in [6, 6.07) is 0. The molecule has 13 heavy (non-hydrogen) atoms. The second-order valence-corrected chi connectivity index (χ2v) is 7.23. The van der Waals surface area contributed by atoms with E-state index in [-0.39, 0.29) is 4.75 Å². The molecule has 1 rings (SSSR count). The number of hydrogen-bond donors (Lipinski definition) is 0. The summed E-state index contributed by atoms with van der Waals surface area (Å²) in [7, 11) is 1.82. The highest BCUT2D eigenvalue weighted by atomic mass is 32.2. The van der Waals surface area contributed by atoms with E-state index in [9.17, 15) is 0 Å². The van der Waals surface area contributed by atoms with Crippen molar-refractivity contribution in [3.63, 3.8) is 0 Å². The van der Waals surface area contributed by atoms with E-state index in [0.29, 0.717) is 16.3 Å². The van der Waals surface area contributed by atoms with Crippen molar-refractivity contribution in [1.82, 2.24) is 0 Å². The normalized spacial score (nSPS) is 27.5. The van der Waals surface area contributed by atoms with Gasteiger partial charge in [0, 0.05) is 7.11 Å². The molecule has 1 nitrogen and oxygen atoms in total. The van der Waals surface area contributed by atoms with Gasteiger partial charge in [-0.05, 0) is 10.8 Å². The predicted molar refractivity (Wildman–Crippen MR) is 60.0 cm³/mol. The molecule has 0 bridgehead atoms. The molecule has 0 aromatic rings. The maximum Gasteiger partial charge on any atom is 0.119 e. The van der Waals surface area contributed by atoms with Crippen LogP contribution in [0.15, 0.2) is 0 Å². The fraction of sp³-hybridized carbons (Fsp3) is 1.00. The zero-order valence-electron chi connectivity index (χ0n) is 9.89. The summed E-state index contributed by atoms with van der Waals surface area (Å²) in [5.41, 5.74) is 0.986. The highest BCUT2D eigenvalue weighted by Gasteiger charge is 2.68. The first-order chi connectivity index (χ1) is 5.67. The van der Waals surface area contributed by atoms with Crippen molar-refractivity contribution in [3.8, 4) is 0 Å². The number of hydrogen-bond acceptors (Lipinski definition) is 2. The van der Waals surface area contributed by atoms with E-state index in [1.807, 2.05) is 18.9 Å². The van der Waals surface area contributed by atoms with Gasteiger partial charge in [-0.25, -0.2) is 0 Å². The Bertz CT molecular complexity index is 183. The maximum absolute atomic E-state index is 5.49. The smallest absolute Gasteiger partial charge is 0.119 e. The third-order valence-electron chi connectivity index (χ3n) is 3.01. The van der Waals surface area contributed by atoms with Crippen molar-refractivity contribution in [2.75, 3.05) is 7.11 Å². The first-order valence-electron chi connectivity index (χ1n) is 4.87. The third-order valence-corrected chi connectivity index (χ3v) is 5.33. The zero-order valence-corrected chi connectivity index (χ0v) is 10.7. The lowest BCUT2D eigenvalue weighted by Gasteiger charge is -2.40. The Balaban J connectivity index is 2.95. The molecule has 0 aliphatic carbocycles. The van der Waals surface area contributed by atoms with E-state index in [0.717, 1.165) is 0 Å². The highest BCUT2D eigenvalue weighted by Crippen LogP contribution is 2.70. The molecule has 0 saturated carbocycles. The van der Waals surface area contributed by atoms with Gasteiger partial charge in [-0.1, -0.05) is 41.5 Å². The van der Waals surface area contributed by atoms with Crippen molar-refractivity contribution in [3.05, 3.63) is 0 Å². The molecule has 2 heteroatoms. The standard InChI is InChI=1S/C11H22OS/c1-9(2,3)11(10(4,5)6)8(12-7)13-11/h8H,1-7H3. The molecule has 1 atom stereocenters. The van der Waals surface area contributed by atoms with Crippen molar-refractivity contribution >= 4 is 11.8 Å². The van der Waals surface area contributed by atoms with Crippen molar-refractivity contribution in [2.24, 2.45) is 10.8 Å². The minimum atomic E-state index is 0.286. The van der Waals surface area contributed by atoms with Crippen molar-refractivity contribution in [1.29, 1.82) is 0 Å². The van der Waals surface area contributed by atoms with Crippen LogP contribution in [0.5, 0.6) is 0 Å². The van der Waals surface area contributed by atoms with Gasteiger partial charge in [0.15, 0.2) is 0 Å². The fourth-order valence-corrected chi connectivity index (χ4v) is 4.41. The first kappa shape index (κ1) is 11.4. The van der Waals surface area contributed by atoms with E-state index in [1.165, 1.54) is 0 Å². The summed E-state index contributed by atoms with van der Waals surface area (Å²) in [6.07, 6.45) is 0. The second kappa shape index (κ2) is 2.90. The minimum Gasteiger partial charge on any atom is -0.369 e. The van der Waals surface area contributed by atoms with Gasteiger partial charge >= 0.3 is 0 Å². The van der Waals surface area contributed by atoms with Crippen LogP contribution in [-0.2, 0) is 4.74 Å². The third kappa shape index (κ3) is 1.52. The Kier molecular flexibility index (Phi) is 2.54. The molecular weight excluding hydrogens is 180 g/mol. The molecule has 1 fully saturated rings. The molecule has 0 spiro atoms. The van der Waals surface area contributed by atoms with E-state index in [1.54, 1.807) is 0 Å². The average molecular weight is 202 g/mol. The van der Waals surface area contributed by atoms with Gasteiger partial charge in [0.25, 0.3) is 0 Å². The van der Waals surface area contributed by atoms with Crippen LogP contribution in [0.2, 0.25) is 0 Å². The zero-order chi connectivity index (χ0) is 10.5. The molecule has 0 N–H and O–H groups in total. The van der Waals surface area contributed by atoms with Crippen molar-refractivity contribution in [2.45, 2.75) is 51.7 Å². The summed E-state index contributed by atoms with van der Waals surface area (Å²) in [4.78, 5) is 0. The largest absolute Gasteiger partial charge is 0.369 e. The van der Waals surface area contributed by atoms with Gasteiger partial charge in [-0.3, -0.25) is 0 Å². The van der Waals surface area contributed by atoms with Crippen LogP contribution < -0.4 is 0 Å². The molecule has 0 aromatic carbocycles. The van der Waals surface area contributed by atoms with Gasteiger partial charge in [0.2, 0.25) is 0 Å². The van der Waals surface area contributed by atoms with Crippen LogP contribution in [-0.4, -0.2) is 17.3 Å². The van der Waals surface area contributed by atoms with Crippen LogP contribution in [0.3, 0.4) is 0 Å². The molecule has 0 radical (unpaired) electrons. The first-order valence-corrected chi connectivity index (χ1v) is 5.75. The summed E-state index contributed by atoms with van der Waals surface area (Å²) >= 11 is 1.98. The molecule has 1 saturated heterocycles. The Morgan fingerprint density at radius 3 is 1.46 bits per heavy atom. The Labute approximate surface area is 86.6 Å². The molecule has 0 aromatic heterocycles. The minimum absolute atomic E-state index is 0.286. The lowest BCUT2D eigenvalue weighted by atomic mass is 9.67. The van der Waals surface area contributed by atoms with Crippen LogP contribution >= 0.6 is 11.8 Å². The topological polar surface area (TPSA) is 9.23 Å². The number of methoxy groups -OCH3 is 1. The number of ether oxygens (including phenoxy) is 1. The average Bonchev–Trinajstić information content (AvgIpc) is 2.57. The van der Waals surface area contributed by atoms with Gasteiger partial charge in [-0.2, -0.15) is 0 Å². The molecule has 1 unspecified atom stereocenters. The van der Waals surface area contributed by atoms with Crippen LogP contribution in [0.25, 0.3) is 0 Å². The maximum atomic E-state index is 5.49. The summed E-state index contributed by atoms with van der Waals surface area (Å²) in [6.45, 7) is 13.9. The lowest BCUT2D eigenvalue weighted by Crippen LogP contribution is -2.43. The van der Waals surface area contributed by atoms with Crippen molar-refractivity contribution < 1.29 is 4.74 Å². The Hall–Kier alpha value is 0.310. The van der Waals surface area contributed by atoms with E-state index < -0.39 is 0 Å². The molecule has 1 heterocycles. The van der Waals surface area contributed by atoms with E-state index >= 15 is 0 Å². The predicted octanol–water partition coefficient (Wildman–Crippen LogP) is 3.54.